The van der Waals surface area contributed by atoms with Crippen LogP contribution in [0.4, 0.5) is 17.1 Å². The van der Waals surface area contributed by atoms with Gasteiger partial charge in [-0.1, -0.05) is 191 Å². The molecule has 5 aliphatic rings. The first-order chi connectivity index (χ1) is 31.4. The van der Waals surface area contributed by atoms with E-state index in [1.54, 1.807) is 11.1 Å². The highest BCUT2D eigenvalue weighted by Crippen LogP contribution is 2.55. The van der Waals surface area contributed by atoms with Crippen molar-refractivity contribution < 1.29 is 0 Å². The second-order valence-electron chi connectivity index (χ2n) is 23.3. The molecule has 0 atom stereocenters. The van der Waals surface area contributed by atoms with Gasteiger partial charge in [0, 0.05) is 27.8 Å². The molecule has 0 saturated heterocycles. The number of nitrogens with zero attached hydrogens (tertiary/aromatic N) is 1. The van der Waals surface area contributed by atoms with E-state index in [-0.39, 0.29) is 16.2 Å². The van der Waals surface area contributed by atoms with E-state index in [2.05, 4.69) is 169 Å². The van der Waals surface area contributed by atoms with Crippen LogP contribution < -0.4 is 4.90 Å². The van der Waals surface area contributed by atoms with Crippen LogP contribution in [0.5, 0.6) is 0 Å². The van der Waals surface area contributed by atoms with Crippen molar-refractivity contribution in [1.82, 2.24) is 0 Å². The topological polar surface area (TPSA) is 3.24 Å². The number of hydrogen-bond donors (Lipinski definition) is 0. The van der Waals surface area contributed by atoms with Crippen LogP contribution in [-0.4, -0.2) is 0 Å². The number of anilines is 3. The number of hydrogen-bond acceptors (Lipinski definition) is 1. The molecule has 0 bridgehead atoms. The van der Waals surface area contributed by atoms with Crippen molar-refractivity contribution in [1.29, 1.82) is 0 Å². The van der Waals surface area contributed by atoms with E-state index in [0.29, 0.717) is 17.8 Å². The van der Waals surface area contributed by atoms with E-state index in [1.165, 1.54) is 180 Å². The maximum atomic E-state index is 2.70. The smallest absolute Gasteiger partial charge is 0.0542 e. The molecule has 0 radical (unpaired) electrons. The maximum Gasteiger partial charge on any atom is 0.0542 e. The van der Waals surface area contributed by atoms with Gasteiger partial charge in [-0.15, -0.1) is 0 Å². The summed E-state index contributed by atoms with van der Waals surface area (Å²) in [5, 5.41) is 0. The van der Waals surface area contributed by atoms with Crippen molar-refractivity contribution >= 4 is 17.1 Å². The molecule has 0 amide bonds. The van der Waals surface area contributed by atoms with Crippen LogP contribution in [-0.2, 0) is 16.2 Å². The van der Waals surface area contributed by atoms with Crippen LogP contribution in [0.2, 0.25) is 0 Å². The second-order valence-corrected chi connectivity index (χ2v) is 23.3. The summed E-state index contributed by atoms with van der Waals surface area (Å²) < 4.78 is 0. The van der Waals surface area contributed by atoms with E-state index in [9.17, 15) is 0 Å². The number of benzene rings is 6. The maximum absolute atomic E-state index is 2.70. The zero-order valence-electron chi connectivity index (χ0n) is 40.8. The highest BCUT2D eigenvalue weighted by atomic mass is 15.1. The third kappa shape index (κ3) is 7.52. The first kappa shape index (κ1) is 42.7. The number of rotatable bonds is 7. The van der Waals surface area contributed by atoms with Crippen LogP contribution in [0.1, 0.15) is 207 Å². The van der Waals surface area contributed by atoms with Crippen molar-refractivity contribution in [2.45, 2.75) is 179 Å². The monoisotopic (exact) mass is 856 g/mol. The lowest BCUT2D eigenvalue weighted by Crippen LogP contribution is -2.19. The van der Waals surface area contributed by atoms with Gasteiger partial charge in [-0.05, 0) is 164 Å². The summed E-state index contributed by atoms with van der Waals surface area (Å²) in [6.07, 6.45) is 20.1. The van der Waals surface area contributed by atoms with Crippen LogP contribution >= 0.6 is 0 Å². The fraction of sp³-hybridized carbons (Fsp3) is 0.438. The average molecular weight is 856 g/mol. The van der Waals surface area contributed by atoms with Gasteiger partial charge in [-0.3, -0.25) is 0 Å². The minimum Gasteiger partial charge on any atom is -0.310 e. The Morgan fingerprint density at radius 1 is 0.400 bits per heavy atom. The standard InChI is InChI=1S/C64H73N/c1-62(2,3)49-28-32-54-56-34-30-51(41-60(56)64(6,7)58(54)39-49)65(50-29-33-55-53-25-17-18-26-57(53)63(4,5)59(55)40-50)61-38-45(42-19-11-8-12-20-42)27-31-52(61)48-36-46(43-21-13-9-14-22-43)35-47(37-48)44-23-15-10-16-24-44/h17-18,25-44H,8-16,19-24H2,1-7H3. The van der Waals surface area contributed by atoms with Crippen molar-refractivity contribution in [3.63, 3.8) is 0 Å². The lowest BCUT2D eigenvalue weighted by Gasteiger charge is -2.33. The van der Waals surface area contributed by atoms with E-state index < -0.39 is 0 Å². The molecule has 0 N–H and O–H groups in total. The molecule has 6 aromatic carbocycles. The summed E-state index contributed by atoms with van der Waals surface area (Å²) in [7, 11) is 0. The van der Waals surface area contributed by atoms with Gasteiger partial charge in [0.05, 0.1) is 5.69 Å². The molecule has 5 aliphatic carbocycles. The average Bonchev–Trinajstić information content (AvgIpc) is 3.70. The van der Waals surface area contributed by atoms with Crippen molar-refractivity contribution in [2.75, 3.05) is 4.90 Å². The summed E-state index contributed by atoms with van der Waals surface area (Å²) in [4.78, 5) is 2.70. The van der Waals surface area contributed by atoms with Gasteiger partial charge >= 0.3 is 0 Å². The lowest BCUT2D eigenvalue weighted by atomic mass is 9.78. The van der Waals surface area contributed by atoms with Gasteiger partial charge in [0.2, 0.25) is 0 Å². The van der Waals surface area contributed by atoms with E-state index in [0.717, 1.165) is 0 Å². The summed E-state index contributed by atoms with van der Waals surface area (Å²) in [5.41, 5.74) is 23.9. The molecule has 1 nitrogen and oxygen atoms in total. The lowest BCUT2D eigenvalue weighted by molar-refractivity contribution is 0.435. The Labute approximate surface area is 392 Å². The third-order valence-electron chi connectivity index (χ3n) is 17.4. The number of fused-ring (bicyclic) bond motifs is 6. The Kier molecular flexibility index (Phi) is 10.8. The van der Waals surface area contributed by atoms with Crippen molar-refractivity contribution in [2.24, 2.45) is 0 Å². The van der Waals surface area contributed by atoms with Gasteiger partial charge in [-0.2, -0.15) is 0 Å². The zero-order valence-corrected chi connectivity index (χ0v) is 40.8. The summed E-state index contributed by atoms with van der Waals surface area (Å²) in [6, 6.07) is 47.1. The quantitative estimate of drug-likeness (QED) is 0.155. The molecule has 0 aromatic heterocycles. The second kappa shape index (κ2) is 16.5. The molecule has 0 spiro atoms. The molecule has 1 heteroatoms. The molecule has 3 saturated carbocycles. The zero-order chi connectivity index (χ0) is 44.7. The Bertz CT molecular complexity index is 2720. The Hall–Kier alpha value is -4.88. The van der Waals surface area contributed by atoms with Gasteiger partial charge in [0.1, 0.15) is 0 Å². The van der Waals surface area contributed by atoms with E-state index in [1.807, 2.05) is 0 Å². The molecule has 3 fully saturated rings. The van der Waals surface area contributed by atoms with Gasteiger partial charge in [0.15, 0.2) is 0 Å². The molecule has 0 heterocycles. The summed E-state index contributed by atoms with van der Waals surface area (Å²) in [6.45, 7) is 16.8. The Morgan fingerprint density at radius 2 is 0.846 bits per heavy atom. The van der Waals surface area contributed by atoms with E-state index >= 15 is 0 Å². The molecular weight excluding hydrogens is 783 g/mol. The minimum absolute atomic E-state index is 0.0910. The van der Waals surface area contributed by atoms with Crippen molar-refractivity contribution in [3.8, 4) is 33.4 Å². The first-order valence-corrected chi connectivity index (χ1v) is 26.0. The molecule has 6 aromatic rings. The normalized spacial score (nSPS) is 19.4. The fourth-order valence-corrected chi connectivity index (χ4v) is 13.4. The molecule has 65 heavy (non-hydrogen) atoms. The van der Waals surface area contributed by atoms with Gasteiger partial charge in [0.25, 0.3) is 0 Å². The first-order valence-electron chi connectivity index (χ1n) is 26.0. The summed E-state index contributed by atoms with van der Waals surface area (Å²) in [5.74, 6) is 1.92. The van der Waals surface area contributed by atoms with Crippen LogP contribution in [0.15, 0.2) is 115 Å². The fourth-order valence-electron chi connectivity index (χ4n) is 13.4. The Morgan fingerprint density at radius 3 is 1.38 bits per heavy atom. The third-order valence-corrected chi connectivity index (χ3v) is 17.4. The highest BCUT2D eigenvalue weighted by Gasteiger charge is 2.39. The summed E-state index contributed by atoms with van der Waals surface area (Å²) >= 11 is 0. The van der Waals surface area contributed by atoms with Crippen molar-refractivity contribution in [3.05, 3.63) is 160 Å². The van der Waals surface area contributed by atoms with Crippen LogP contribution in [0.3, 0.4) is 0 Å². The highest BCUT2D eigenvalue weighted by molar-refractivity contribution is 5.93. The largest absolute Gasteiger partial charge is 0.310 e. The minimum atomic E-state index is -0.134. The molecule has 0 aliphatic heterocycles. The molecular formula is C64H73N. The SMILES string of the molecule is CC(C)(C)c1ccc2c(c1)C(C)(C)c1cc(N(c3ccc4c(c3)C(C)(C)c3ccccc3-4)c3cc(C4CCCCC4)ccc3-c3cc(C4CCCCC4)cc(C4CCCCC4)c3)ccc1-2. The Balaban J connectivity index is 1.15. The van der Waals surface area contributed by atoms with Crippen LogP contribution in [0, 0.1) is 0 Å². The predicted octanol–water partition coefficient (Wildman–Crippen LogP) is 18.9. The predicted molar refractivity (Wildman–Crippen MR) is 278 cm³/mol. The molecule has 11 rings (SSSR count). The molecule has 334 valence electrons. The molecule has 0 unspecified atom stereocenters. The van der Waals surface area contributed by atoms with Gasteiger partial charge < -0.3 is 4.90 Å². The van der Waals surface area contributed by atoms with E-state index in [4.69, 9.17) is 0 Å². The van der Waals surface area contributed by atoms with Crippen LogP contribution in [0.25, 0.3) is 33.4 Å². The van der Waals surface area contributed by atoms with Gasteiger partial charge in [-0.25, -0.2) is 0 Å².